The normalized spacial score (nSPS) is 19.7. The summed E-state index contributed by atoms with van der Waals surface area (Å²) in [6.45, 7) is 3.63. The Balaban J connectivity index is 1.24. The number of nitrogens with zero attached hydrogens (tertiary/aromatic N) is 8. The molecule has 3 aromatic heterocycles. The number of thiazole rings is 1. The van der Waals surface area contributed by atoms with Gasteiger partial charge in [0.05, 0.1) is 24.9 Å². The molecule has 4 aromatic rings. The van der Waals surface area contributed by atoms with Crippen molar-refractivity contribution in [2.24, 2.45) is 0 Å². The molecule has 6 rings (SSSR count). The largest absolute Gasteiger partial charge is 0.395 e. The summed E-state index contributed by atoms with van der Waals surface area (Å²) in [5, 5.41) is 36.0. The topological polar surface area (TPSA) is 134 Å². The van der Waals surface area contributed by atoms with Gasteiger partial charge in [-0.15, -0.1) is 0 Å². The monoisotopic (exact) mass is 610 g/mol. The Morgan fingerprint density at radius 3 is 2.67 bits per heavy atom. The fraction of sp³-hybridized carbons (Fsp3) is 0.464. The second-order valence-electron chi connectivity index (χ2n) is 10.7. The number of imidazole rings is 1. The third-order valence-corrected chi connectivity index (χ3v) is 10.1. The van der Waals surface area contributed by atoms with Gasteiger partial charge in [-0.1, -0.05) is 29.6 Å². The number of β-amino-alcohol motifs (C(OH)–C–C–N with tert-alkyl or cyclic N) is 1. The van der Waals surface area contributed by atoms with Crippen molar-refractivity contribution in [3.8, 4) is 17.3 Å². The van der Waals surface area contributed by atoms with E-state index in [0.717, 1.165) is 27.9 Å². The molecule has 2 atom stereocenters. The summed E-state index contributed by atoms with van der Waals surface area (Å²) in [6.07, 6.45) is 1.72. The Hall–Kier alpha value is -3.48. The SMILES string of the molecule is CCc1nc2sc(C3CCN(CC(=O)N4CC(O)C4)[C@@H](CO)C3)nn2c1N(C)c1nc(-c2ccc(F)cc2)c(C#N)s1. The summed E-state index contributed by atoms with van der Waals surface area (Å²) in [7, 11) is 1.88. The first-order chi connectivity index (χ1) is 20.3. The number of hydrogen-bond donors (Lipinski definition) is 2. The number of piperidine rings is 1. The zero-order valence-corrected chi connectivity index (χ0v) is 24.9. The second kappa shape index (κ2) is 11.7. The minimum Gasteiger partial charge on any atom is -0.395 e. The fourth-order valence-corrected chi connectivity index (χ4v) is 7.52. The Kier molecular flexibility index (Phi) is 7.95. The molecule has 220 valence electrons. The number of aromatic nitrogens is 4. The lowest BCUT2D eigenvalue weighted by atomic mass is 9.91. The minimum absolute atomic E-state index is 0.0194. The predicted octanol–water partition coefficient (Wildman–Crippen LogP) is 3.00. The predicted molar refractivity (Wildman–Crippen MR) is 158 cm³/mol. The molecule has 0 spiro atoms. The Morgan fingerprint density at radius 2 is 2.00 bits per heavy atom. The van der Waals surface area contributed by atoms with E-state index in [4.69, 9.17) is 15.1 Å². The number of likely N-dealkylation sites (tertiary alicyclic amines) is 2. The number of nitriles is 1. The number of halogens is 1. The number of aliphatic hydroxyl groups excluding tert-OH is 2. The lowest BCUT2D eigenvalue weighted by Gasteiger charge is -2.41. The van der Waals surface area contributed by atoms with Crippen LogP contribution in [-0.4, -0.2) is 97.5 Å². The van der Waals surface area contributed by atoms with Crippen LogP contribution in [0.1, 0.15) is 41.3 Å². The number of carbonyl (C=O) groups is 1. The van der Waals surface area contributed by atoms with Crippen LogP contribution in [0.2, 0.25) is 0 Å². The van der Waals surface area contributed by atoms with Gasteiger partial charge in [-0.2, -0.15) is 14.9 Å². The quantitative estimate of drug-likeness (QED) is 0.309. The summed E-state index contributed by atoms with van der Waals surface area (Å²) >= 11 is 2.79. The summed E-state index contributed by atoms with van der Waals surface area (Å²) < 4.78 is 15.3. The van der Waals surface area contributed by atoms with E-state index >= 15 is 0 Å². The number of fused-ring (bicyclic) bond motifs is 1. The number of benzene rings is 1. The smallest absolute Gasteiger partial charge is 0.236 e. The van der Waals surface area contributed by atoms with E-state index in [1.165, 1.54) is 34.8 Å². The first-order valence-electron chi connectivity index (χ1n) is 13.9. The van der Waals surface area contributed by atoms with Gasteiger partial charge < -0.3 is 20.0 Å². The lowest BCUT2D eigenvalue weighted by molar-refractivity contribution is -0.143. The van der Waals surface area contributed by atoms with E-state index in [-0.39, 0.29) is 36.8 Å². The molecule has 0 saturated carbocycles. The highest BCUT2D eigenvalue weighted by molar-refractivity contribution is 7.17. The zero-order chi connectivity index (χ0) is 29.5. The van der Waals surface area contributed by atoms with Crippen LogP contribution in [0.15, 0.2) is 24.3 Å². The van der Waals surface area contributed by atoms with E-state index in [2.05, 4.69) is 6.07 Å². The molecule has 1 aromatic carbocycles. The van der Waals surface area contributed by atoms with Crippen LogP contribution in [0.4, 0.5) is 15.3 Å². The van der Waals surface area contributed by atoms with E-state index in [0.29, 0.717) is 53.7 Å². The molecule has 0 radical (unpaired) electrons. The van der Waals surface area contributed by atoms with Gasteiger partial charge in [-0.25, -0.2) is 14.4 Å². The molecule has 11 nitrogen and oxygen atoms in total. The highest BCUT2D eigenvalue weighted by atomic mass is 32.1. The molecule has 2 aliphatic rings. The van der Waals surface area contributed by atoms with Gasteiger partial charge in [-0.3, -0.25) is 9.69 Å². The van der Waals surface area contributed by atoms with Crippen LogP contribution in [0.5, 0.6) is 0 Å². The van der Waals surface area contributed by atoms with Crippen molar-refractivity contribution in [3.63, 3.8) is 0 Å². The highest BCUT2D eigenvalue weighted by Gasteiger charge is 2.35. The maximum absolute atomic E-state index is 13.5. The fourth-order valence-electron chi connectivity index (χ4n) is 5.61. The van der Waals surface area contributed by atoms with Crippen molar-refractivity contribution < 1.29 is 19.4 Å². The molecular formula is C28H31FN8O3S2. The average Bonchev–Trinajstić information content (AvgIpc) is 3.68. The molecule has 2 N–H and O–H groups in total. The first-order valence-corrected chi connectivity index (χ1v) is 15.5. The van der Waals surface area contributed by atoms with E-state index in [1.54, 1.807) is 17.0 Å². The Morgan fingerprint density at radius 1 is 1.24 bits per heavy atom. The molecule has 1 unspecified atom stereocenters. The number of aryl methyl sites for hydroxylation is 1. The highest BCUT2D eigenvalue weighted by Crippen LogP contribution is 2.39. The van der Waals surface area contributed by atoms with Gasteiger partial charge >= 0.3 is 0 Å². The van der Waals surface area contributed by atoms with Crippen LogP contribution in [-0.2, 0) is 11.2 Å². The Labute approximate surface area is 250 Å². The van der Waals surface area contributed by atoms with Crippen LogP contribution >= 0.6 is 22.7 Å². The van der Waals surface area contributed by atoms with Gasteiger partial charge in [0.2, 0.25) is 10.9 Å². The molecule has 2 aliphatic heterocycles. The third kappa shape index (κ3) is 5.27. The van der Waals surface area contributed by atoms with Gasteiger partial charge in [0.15, 0.2) is 10.9 Å². The lowest BCUT2D eigenvalue weighted by Crippen LogP contribution is -2.57. The number of rotatable bonds is 8. The van der Waals surface area contributed by atoms with Crippen molar-refractivity contribution in [3.05, 3.63) is 45.7 Å². The Bertz CT molecular complexity index is 1640. The summed E-state index contributed by atoms with van der Waals surface area (Å²) in [5.74, 6) is 0.520. The van der Waals surface area contributed by atoms with E-state index in [9.17, 15) is 24.7 Å². The number of carbonyl (C=O) groups excluding carboxylic acids is 1. The van der Waals surface area contributed by atoms with Crippen LogP contribution < -0.4 is 4.90 Å². The molecule has 0 aliphatic carbocycles. The van der Waals surface area contributed by atoms with Gasteiger partial charge in [0.25, 0.3) is 0 Å². The minimum atomic E-state index is -0.435. The van der Waals surface area contributed by atoms with Gasteiger partial charge in [0.1, 0.15) is 27.5 Å². The molecule has 1 amide bonds. The molecular weight excluding hydrogens is 579 g/mol. The van der Waals surface area contributed by atoms with Gasteiger partial charge in [-0.05, 0) is 50.1 Å². The average molecular weight is 611 g/mol. The van der Waals surface area contributed by atoms with Crippen molar-refractivity contribution in [1.29, 1.82) is 5.26 Å². The number of hydrogen-bond acceptors (Lipinski definition) is 11. The molecule has 5 heterocycles. The molecule has 2 saturated heterocycles. The number of aliphatic hydroxyl groups is 2. The van der Waals surface area contributed by atoms with Crippen LogP contribution in [0.25, 0.3) is 16.2 Å². The van der Waals surface area contributed by atoms with E-state index < -0.39 is 6.10 Å². The van der Waals surface area contributed by atoms with Crippen molar-refractivity contribution >= 4 is 44.5 Å². The molecule has 2 fully saturated rings. The van der Waals surface area contributed by atoms with Crippen molar-refractivity contribution in [1.82, 2.24) is 29.4 Å². The van der Waals surface area contributed by atoms with Gasteiger partial charge in [0, 0.05) is 37.7 Å². The second-order valence-corrected chi connectivity index (χ2v) is 12.7. The first kappa shape index (κ1) is 28.6. The summed E-state index contributed by atoms with van der Waals surface area (Å²) in [5.41, 5.74) is 2.04. The molecule has 42 heavy (non-hydrogen) atoms. The number of anilines is 2. The maximum atomic E-state index is 13.5. The third-order valence-electron chi connectivity index (χ3n) is 7.99. The molecule has 0 bridgehead atoms. The van der Waals surface area contributed by atoms with Crippen LogP contribution in [0.3, 0.4) is 0 Å². The summed E-state index contributed by atoms with van der Waals surface area (Å²) in [4.78, 5) is 29.0. The van der Waals surface area contributed by atoms with Crippen LogP contribution in [0, 0.1) is 17.1 Å². The summed E-state index contributed by atoms with van der Waals surface area (Å²) in [6, 6.07) is 8.01. The zero-order valence-electron chi connectivity index (χ0n) is 23.3. The van der Waals surface area contributed by atoms with Crippen molar-refractivity contribution in [2.45, 2.75) is 44.2 Å². The maximum Gasteiger partial charge on any atom is 0.236 e. The van der Waals surface area contributed by atoms with Crippen molar-refractivity contribution in [2.75, 3.05) is 44.7 Å². The molecule has 14 heteroatoms. The number of amides is 1. The van der Waals surface area contributed by atoms with E-state index in [1.807, 2.05) is 28.3 Å². The standard InChI is InChI=1S/C28H31FN8O3S2/c1-3-21-26(34(2)27-32-24(22(11-30)41-27)16-4-6-18(29)7-5-16)37-28(31-21)42-25(33-37)17-8-9-35(19(10-17)15-38)14-23(40)36-12-20(39)13-36/h4-7,17,19-20,38-39H,3,8-10,12-15H2,1-2H3/t17?,19-/m1/s1.